The topological polar surface area (TPSA) is 74.6 Å². The Morgan fingerprint density at radius 2 is 2.00 bits per heavy atom. The van der Waals surface area contributed by atoms with E-state index in [4.69, 9.17) is 14.2 Å². The standard InChI is InChI=1S/C23H23N3O4/c1-15(16-7-8-20-21(11-16)30-14-29-20)25-23(27)19-9-10-28-22(19)17-12-24-26(13-17)18-5-3-2-4-6-18/h2-8,11-13,15,19,22H,9-10,14H2,1H3,(H,25,27)/t15-,19-,22+/m0/s1. The summed E-state index contributed by atoms with van der Waals surface area (Å²) in [6, 6.07) is 15.5. The Bertz CT molecular complexity index is 1050. The van der Waals surface area contributed by atoms with Crippen molar-refractivity contribution >= 4 is 5.91 Å². The van der Waals surface area contributed by atoms with Gasteiger partial charge < -0.3 is 19.5 Å². The SMILES string of the molecule is C[C@H](NC(=O)[C@H]1CCO[C@@H]1c1cnn(-c2ccccc2)c1)c1ccc2c(c1)OCO2. The van der Waals surface area contributed by atoms with Gasteiger partial charge in [-0.1, -0.05) is 24.3 Å². The van der Waals surface area contributed by atoms with E-state index in [1.165, 1.54) is 0 Å². The number of hydrogen-bond donors (Lipinski definition) is 1. The lowest BCUT2D eigenvalue weighted by Crippen LogP contribution is -2.34. The average Bonchev–Trinajstić information content (AvgIpc) is 3.53. The van der Waals surface area contributed by atoms with E-state index in [9.17, 15) is 4.79 Å². The molecule has 0 radical (unpaired) electrons. The van der Waals surface area contributed by atoms with Crippen molar-refractivity contribution < 1.29 is 19.0 Å². The van der Waals surface area contributed by atoms with Gasteiger partial charge in [0, 0.05) is 18.4 Å². The quantitative estimate of drug-likeness (QED) is 0.703. The highest BCUT2D eigenvalue weighted by molar-refractivity contribution is 5.80. The van der Waals surface area contributed by atoms with Crippen LogP contribution in [0.2, 0.25) is 0 Å². The number of nitrogens with one attached hydrogen (secondary N) is 1. The molecule has 7 nitrogen and oxygen atoms in total. The van der Waals surface area contributed by atoms with E-state index < -0.39 is 0 Å². The maximum atomic E-state index is 13.0. The molecule has 7 heteroatoms. The molecule has 0 spiro atoms. The van der Waals surface area contributed by atoms with Gasteiger partial charge in [0.05, 0.1) is 29.9 Å². The molecule has 1 fully saturated rings. The van der Waals surface area contributed by atoms with Gasteiger partial charge in [-0.05, 0) is 43.2 Å². The van der Waals surface area contributed by atoms with Crippen LogP contribution in [-0.4, -0.2) is 29.1 Å². The molecule has 1 aromatic heterocycles. The van der Waals surface area contributed by atoms with Gasteiger partial charge in [0.2, 0.25) is 12.7 Å². The first-order valence-corrected chi connectivity index (χ1v) is 10.1. The molecule has 1 saturated heterocycles. The van der Waals surface area contributed by atoms with Gasteiger partial charge in [-0.15, -0.1) is 0 Å². The predicted octanol–water partition coefficient (Wildman–Crippen LogP) is 3.56. The van der Waals surface area contributed by atoms with Crippen LogP contribution in [0.3, 0.4) is 0 Å². The number of aromatic nitrogens is 2. The average molecular weight is 405 g/mol. The molecule has 3 aromatic rings. The van der Waals surface area contributed by atoms with Gasteiger partial charge >= 0.3 is 0 Å². The lowest BCUT2D eigenvalue weighted by Gasteiger charge is -2.21. The molecular formula is C23H23N3O4. The predicted molar refractivity (Wildman–Crippen MR) is 109 cm³/mol. The molecule has 2 aliphatic rings. The summed E-state index contributed by atoms with van der Waals surface area (Å²) in [6.45, 7) is 2.75. The van der Waals surface area contributed by atoms with Crippen LogP contribution in [0.4, 0.5) is 0 Å². The molecule has 3 atom stereocenters. The Hall–Kier alpha value is -3.32. The minimum absolute atomic E-state index is 0.0184. The minimum atomic E-state index is -0.300. The number of nitrogens with zero attached hydrogens (tertiary/aromatic N) is 2. The van der Waals surface area contributed by atoms with Crippen LogP contribution in [0.5, 0.6) is 11.5 Å². The first-order valence-electron chi connectivity index (χ1n) is 10.1. The molecule has 1 N–H and O–H groups in total. The van der Waals surface area contributed by atoms with Crippen molar-refractivity contribution in [1.29, 1.82) is 0 Å². The van der Waals surface area contributed by atoms with Crippen LogP contribution in [0, 0.1) is 5.92 Å². The summed E-state index contributed by atoms with van der Waals surface area (Å²) in [5.41, 5.74) is 2.85. The van der Waals surface area contributed by atoms with Crippen molar-refractivity contribution in [3.8, 4) is 17.2 Å². The fourth-order valence-electron chi connectivity index (χ4n) is 3.98. The molecule has 154 valence electrons. The van der Waals surface area contributed by atoms with Crippen molar-refractivity contribution in [3.05, 3.63) is 72.1 Å². The van der Waals surface area contributed by atoms with Gasteiger partial charge in [-0.25, -0.2) is 4.68 Å². The number of benzene rings is 2. The van der Waals surface area contributed by atoms with Crippen molar-refractivity contribution in [2.75, 3.05) is 13.4 Å². The number of ether oxygens (including phenoxy) is 3. The van der Waals surface area contributed by atoms with Gasteiger partial charge in [-0.2, -0.15) is 5.10 Å². The second kappa shape index (κ2) is 7.84. The van der Waals surface area contributed by atoms with Crippen molar-refractivity contribution in [3.63, 3.8) is 0 Å². The summed E-state index contributed by atoms with van der Waals surface area (Å²) < 4.78 is 18.5. The lowest BCUT2D eigenvalue weighted by molar-refractivity contribution is -0.127. The Morgan fingerprint density at radius 1 is 1.17 bits per heavy atom. The van der Waals surface area contributed by atoms with Crippen molar-refractivity contribution in [1.82, 2.24) is 15.1 Å². The van der Waals surface area contributed by atoms with Gasteiger partial charge in [0.15, 0.2) is 11.5 Å². The molecule has 1 amide bonds. The highest BCUT2D eigenvalue weighted by Crippen LogP contribution is 2.36. The van der Waals surface area contributed by atoms with Gasteiger partial charge in [0.25, 0.3) is 0 Å². The molecular weight excluding hydrogens is 382 g/mol. The molecule has 2 aromatic carbocycles. The van der Waals surface area contributed by atoms with Crippen molar-refractivity contribution in [2.45, 2.75) is 25.5 Å². The highest BCUT2D eigenvalue weighted by atomic mass is 16.7. The Balaban J connectivity index is 1.29. The van der Waals surface area contributed by atoms with E-state index in [-0.39, 0.29) is 30.8 Å². The largest absolute Gasteiger partial charge is 0.454 e. The zero-order chi connectivity index (χ0) is 20.5. The smallest absolute Gasteiger partial charge is 0.231 e. The third-order valence-electron chi connectivity index (χ3n) is 5.64. The second-order valence-electron chi connectivity index (χ2n) is 7.58. The zero-order valence-corrected chi connectivity index (χ0v) is 16.7. The summed E-state index contributed by atoms with van der Waals surface area (Å²) in [7, 11) is 0. The monoisotopic (exact) mass is 405 g/mol. The van der Waals surface area contributed by atoms with E-state index in [2.05, 4.69) is 10.4 Å². The number of amides is 1. The molecule has 0 saturated carbocycles. The van der Waals surface area contributed by atoms with Crippen LogP contribution in [0.1, 0.15) is 36.6 Å². The molecule has 3 heterocycles. The van der Waals surface area contributed by atoms with Crippen LogP contribution >= 0.6 is 0 Å². The molecule has 5 rings (SSSR count). The third kappa shape index (κ3) is 3.52. The zero-order valence-electron chi connectivity index (χ0n) is 16.7. The molecule has 2 aliphatic heterocycles. The van der Waals surface area contributed by atoms with Crippen LogP contribution in [0.25, 0.3) is 5.69 Å². The maximum Gasteiger partial charge on any atom is 0.231 e. The second-order valence-corrected chi connectivity index (χ2v) is 7.58. The summed E-state index contributed by atoms with van der Waals surface area (Å²) in [6.07, 6.45) is 4.10. The van der Waals surface area contributed by atoms with E-state index in [1.807, 2.05) is 61.7 Å². The van der Waals surface area contributed by atoms with Gasteiger partial charge in [0.1, 0.15) is 0 Å². The Labute approximate surface area is 174 Å². The summed E-state index contributed by atoms with van der Waals surface area (Å²) in [5, 5.41) is 7.57. The number of rotatable bonds is 5. The minimum Gasteiger partial charge on any atom is -0.454 e. The van der Waals surface area contributed by atoms with Crippen LogP contribution < -0.4 is 14.8 Å². The normalized spacial score (nSPS) is 20.8. The van der Waals surface area contributed by atoms with Crippen molar-refractivity contribution in [2.24, 2.45) is 5.92 Å². The molecule has 0 bridgehead atoms. The van der Waals surface area contributed by atoms with E-state index in [1.54, 1.807) is 10.9 Å². The van der Waals surface area contributed by atoms with E-state index >= 15 is 0 Å². The third-order valence-corrected chi connectivity index (χ3v) is 5.64. The number of fused-ring (bicyclic) bond motifs is 1. The number of hydrogen-bond acceptors (Lipinski definition) is 5. The molecule has 0 aliphatic carbocycles. The Kier molecular flexibility index (Phi) is 4.88. The Morgan fingerprint density at radius 3 is 2.87 bits per heavy atom. The van der Waals surface area contributed by atoms with Crippen LogP contribution in [0.15, 0.2) is 60.9 Å². The van der Waals surface area contributed by atoms with E-state index in [0.29, 0.717) is 18.8 Å². The summed E-state index contributed by atoms with van der Waals surface area (Å²) in [4.78, 5) is 13.0. The summed E-state index contributed by atoms with van der Waals surface area (Å²) >= 11 is 0. The van der Waals surface area contributed by atoms with E-state index in [0.717, 1.165) is 22.6 Å². The van der Waals surface area contributed by atoms with Gasteiger partial charge in [-0.3, -0.25) is 4.79 Å². The fourth-order valence-corrected chi connectivity index (χ4v) is 3.98. The lowest BCUT2D eigenvalue weighted by atomic mass is 9.95. The fraction of sp³-hybridized carbons (Fsp3) is 0.304. The summed E-state index contributed by atoms with van der Waals surface area (Å²) in [5.74, 6) is 1.17. The first-order chi connectivity index (χ1) is 14.7. The molecule has 0 unspecified atom stereocenters. The van der Waals surface area contributed by atoms with Crippen LogP contribution in [-0.2, 0) is 9.53 Å². The number of carbonyl (C=O) groups is 1. The molecule has 30 heavy (non-hydrogen) atoms. The number of carbonyl (C=O) groups excluding carboxylic acids is 1. The highest BCUT2D eigenvalue weighted by Gasteiger charge is 2.36. The maximum absolute atomic E-state index is 13.0. The number of para-hydroxylation sites is 1. The first kappa shape index (κ1) is 18.7.